The first-order valence-electron chi connectivity index (χ1n) is 13.0. The Morgan fingerprint density at radius 1 is 0.895 bits per heavy atom. The zero-order valence-corrected chi connectivity index (χ0v) is 21.9. The number of aliphatic hydroxyl groups excluding tert-OH is 1. The summed E-state index contributed by atoms with van der Waals surface area (Å²) in [5, 5.41) is 11.0. The third kappa shape index (κ3) is 6.61. The van der Waals surface area contributed by atoms with E-state index in [1.807, 2.05) is 38.1 Å². The lowest BCUT2D eigenvalue weighted by Crippen LogP contribution is -2.48. The smallest absolute Gasteiger partial charge is 0.235 e. The van der Waals surface area contributed by atoms with Gasteiger partial charge in [-0.1, -0.05) is 36.4 Å². The second kappa shape index (κ2) is 11.8. The van der Waals surface area contributed by atoms with Gasteiger partial charge in [0.05, 0.1) is 5.39 Å². The van der Waals surface area contributed by atoms with Crippen LogP contribution in [0.5, 0.6) is 17.2 Å². The van der Waals surface area contributed by atoms with Crippen molar-refractivity contribution in [2.45, 2.75) is 26.5 Å². The van der Waals surface area contributed by atoms with E-state index in [-0.39, 0.29) is 17.8 Å². The molecule has 0 radical (unpaired) electrons. The Labute approximate surface area is 222 Å². The number of nitrogens with zero attached hydrogens (tertiary/aromatic N) is 2. The predicted octanol–water partition coefficient (Wildman–Crippen LogP) is 4.76. The van der Waals surface area contributed by atoms with E-state index in [1.165, 1.54) is 11.8 Å². The lowest BCUT2D eigenvalue weighted by atomic mass is 10.1. The van der Waals surface area contributed by atoms with Crippen LogP contribution in [0.4, 0.5) is 0 Å². The van der Waals surface area contributed by atoms with Crippen molar-refractivity contribution in [3.8, 4) is 17.2 Å². The predicted molar refractivity (Wildman–Crippen MR) is 148 cm³/mol. The van der Waals surface area contributed by atoms with Crippen LogP contribution in [0.15, 0.2) is 82.2 Å². The minimum atomic E-state index is -0.619. The Kier molecular flexibility index (Phi) is 8.08. The Bertz CT molecular complexity index is 1410. The first kappa shape index (κ1) is 26.0. The van der Waals surface area contributed by atoms with Crippen LogP contribution in [-0.4, -0.2) is 60.3 Å². The number of β-amino-alcohol motifs (C(OH)–C–C–N with tert-alkyl or cyclic N) is 1. The van der Waals surface area contributed by atoms with Gasteiger partial charge in [0, 0.05) is 45.3 Å². The average Bonchev–Trinajstić information content (AvgIpc) is 2.90. The zero-order chi connectivity index (χ0) is 26.5. The molecular formula is C31H34N2O5. The van der Waals surface area contributed by atoms with Gasteiger partial charge in [-0.25, -0.2) is 0 Å². The molecule has 0 amide bonds. The van der Waals surface area contributed by atoms with Gasteiger partial charge in [0.2, 0.25) is 11.2 Å². The monoisotopic (exact) mass is 514 g/mol. The number of hydrogen-bond acceptors (Lipinski definition) is 7. The molecule has 1 aromatic heterocycles. The van der Waals surface area contributed by atoms with Gasteiger partial charge in [-0.15, -0.1) is 0 Å². The Balaban J connectivity index is 1.13. The number of aryl methyl sites for hydroxylation is 2. The number of fused-ring (bicyclic) bond motifs is 1. The van der Waals surface area contributed by atoms with Gasteiger partial charge in [-0.2, -0.15) is 0 Å². The summed E-state index contributed by atoms with van der Waals surface area (Å²) in [6.45, 7) is 9.41. The van der Waals surface area contributed by atoms with Crippen molar-refractivity contribution >= 4 is 11.0 Å². The molecule has 1 atom stereocenters. The first-order valence-corrected chi connectivity index (χ1v) is 13.0. The molecule has 1 saturated heterocycles. The highest BCUT2D eigenvalue weighted by Crippen LogP contribution is 2.25. The fourth-order valence-corrected chi connectivity index (χ4v) is 4.88. The maximum absolute atomic E-state index is 13.0. The van der Waals surface area contributed by atoms with Crippen LogP contribution in [0.3, 0.4) is 0 Å². The Hall–Kier alpha value is -3.65. The SMILES string of the molecule is Cc1cc(C)cc(Oc2coc3cc(OCC(O)CN4CCN(Cc5ccccc5)CC4)ccc3c2=O)c1. The van der Waals surface area contributed by atoms with Crippen molar-refractivity contribution in [2.24, 2.45) is 0 Å². The van der Waals surface area contributed by atoms with Gasteiger partial charge >= 0.3 is 0 Å². The summed E-state index contributed by atoms with van der Waals surface area (Å²) in [6, 6.07) is 21.4. The van der Waals surface area contributed by atoms with Crippen LogP contribution in [0.25, 0.3) is 11.0 Å². The molecule has 3 aromatic carbocycles. The summed E-state index contributed by atoms with van der Waals surface area (Å²) >= 11 is 0. The maximum atomic E-state index is 13.0. The van der Waals surface area contributed by atoms with E-state index < -0.39 is 6.10 Å². The van der Waals surface area contributed by atoms with E-state index in [4.69, 9.17) is 13.9 Å². The van der Waals surface area contributed by atoms with Crippen molar-refractivity contribution in [1.29, 1.82) is 0 Å². The molecule has 7 nitrogen and oxygen atoms in total. The summed E-state index contributed by atoms with van der Waals surface area (Å²) in [7, 11) is 0. The van der Waals surface area contributed by atoms with Gasteiger partial charge in [-0.05, 0) is 54.8 Å². The minimum absolute atomic E-state index is 0.135. The number of rotatable bonds is 9. The second-order valence-corrected chi connectivity index (χ2v) is 10.0. The summed E-state index contributed by atoms with van der Waals surface area (Å²) in [6.07, 6.45) is 0.713. The van der Waals surface area contributed by atoms with Crippen molar-refractivity contribution in [2.75, 3.05) is 39.3 Å². The van der Waals surface area contributed by atoms with E-state index in [2.05, 4.69) is 34.1 Å². The Morgan fingerprint density at radius 2 is 1.61 bits per heavy atom. The molecule has 0 aliphatic carbocycles. The Morgan fingerprint density at radius 3 is 2.34 bits per heavy atom. The summed E-state index contributed by atoms with van der Waals surface area (Å²) in [4.78, 5) is 17.7. The fourth-order valence-electron chi connectivity index (χ4n) is 4.88. The van der Waals surface area contributed by atoms with Crippen molar-refractivity contribution in [1.82, 2.24) is 9.80 Å². The molecule has 198 valence electrons. The van der Waals surface area contributed by atoms with Crippen molar-refractivity contribution in [3.63, 3.8) is 0 Å². The van der Waals surface area contributed by atoms with Gasteiger partial charge in [0.25, 0.3) is 0 Å². The molecule has 1 unspecified atom stereocenters. The molecule has 4 aromatic rings. The van der Waals surface area contributed by atoms with E-state index in [1.54, 1.807) is 18.2 Å². The number of benzene rings is 3. The van der Waals surface area contributed by atoms with E-state index in [0.717, 1.165) is 43.9 Å². The second-order valence-electron chi connectivity index (χ2n) is 10.0. The van der Waals surface area contributed by atoms with Crippen LogP contribution in [0.1, 0.15) is 16.7 Å². The molecule has 1 fully saturated rings. The topological polar surface area (TPSA) is 75.4 Å². The van der Waals surface area contributed by atoms with E-state index in [9.17, 15) is 9.90 Å². The lowest BCUT2D eigenvalue weighted by Gasteiger charge is -2.35. The van der Waals surface area contributed by atoms with Gasteiger partial charge < -0.3 is 19.0 Å². The summed E-state index contributed by atoms with van der Waals surface area (Å²) in [5.74, 6) is 1.27. The van der Waals surface area contributed by atoms with Crippen LogP contribution in [0.2, 0.25) is 0 Å². The summed E-state index contributed by atoms with van der Waals surface area (Å²) < 4.78 is 17.3. The number of hydrogen-bond donors (Lipinski definition) is 1. The number of aliphatic hydroxyl groups is 1. The van der Waals surface area contributed by atoms with Crippen LogP contribution >= 0.6 is 0 Å². The van der Waals surface area contributed by atoms with Crippen molar-refractivity contribution in [3.05, 3.63) is 99.9 Å². The normalized spacial score (nSPS) is 15.4. The largest absolute Gasteiger partial charge is 0.491 e. The standard InChI is InChI=1S/C31H34N2O5/c1-22-14-23(2)16-27(15-22)38-30-21-37-29-17-26(8-9-28(29)31(30)35)36-20-25(34)19-33-12-10-32(11-13-33)18-24-6-4-3-5-7-24/h3-9,14-17,21,25,34H,10-13,18-20H2,1-2H3. The molecule has 38 heavy (non-hydrogen) atoms. The van der Waals surface area contributed by atoms with Crippen LogP contribution in [0, 0.1) is 13.8 Å². The van der Waals surface area contributed by atoms with Crippen molar-refractivity contribution < 1.29 is 19.0 Å². The fraction of sp³-hybridized carbons (Fsp3) is 0.323. The molecule has 1 aliphatic heterocycles. The zero-order valence-electron chi connectivity index (χ0n) is 21.9. The van der Waals surface area contributed by atoms with E-state index in [0.29, 0.717) is 29.0 Å². The average molecular weight is 515 g/mol. The summed E-state index contributed by atoms with van der Waals surface area (Å²) in [5.41, 5.74) is 3.59. The molecule has 0 spiro atoms. The minimum Gasteiger partial charge on any atom is -0.491 e. The third-order valence-corrected chi connectivity index (χ3v) is 6.76. The van der Waals surface area contributed by atoms with Crippen LogP contribution in [-0.2, 0) is 6.54 Å². The number of piperazine rings is 1. The molecule has 5 rings (SSSR count). The molecule has 0 bridgehead atoms. The van der Waals surface area contributed by atoms with Gasteiger partial charge in [0.15, 0.2) is 0 Å². The maximum Gasteiger partial charge on any atom is 0.235 e. The highest BCUT2D eigenvalue weighted by atomic mass is 16.5. The molecule has 0 saturated carbocycles. The highest BCUT2D eigenvalue weighted by Gasteiger charge is 2.20. The van der Waals surface area contributed by atoms with Gasteiger partial charge in [0.1, 0.15) is 36.1 Å². The third-order valence-electron chi connectivity index (χ3n) is 6.76. The van der Waals surface area contributed by atoms with Gasteiger partial charge in [-0.3, -0.25) is 14.6 Å². The first-order chi connectivity index (χ1) is 18.4. The quantitative estimate of drug-likeness (QED) is 0.345. The van der Waals surface area contributed by atoms with Crippen LogP contribution < -0.4 is 14.9 Å². The number of ether oxygens (including phenoxy) is 2. The highest BCUT2D eigenvalue weighted by molar-refractivity contribution is 5.79. The molecular weight excluding hydrogens is 480 g/mol. The molecule has 7 heteroatoms. The molecule has 2 heterocycles. The lowest BCUT2D eigenvalue weighted by molar-refractivity contribution is 0.0446. The van der Waals surface area contributed by atoms with E-state index >= 15 is 0 Å². The molecule has 1 aliphatic rings. The molecule has 1 N–H and O–H groups in total.